The Hall–Kier alpha value is -1.89. The number of imidazole rings is 1. The van der Waals surface area contributed by atoms with E-state index in [1.807, 2.05) is 13.8 Å². The lowest BCUT2D eigenvalue weighted by Gasteiger charge is -2.21. The maximum atomic E-state index is 9.76. The van der Waals surface area contributed by atoms with Crippen molar-refractivity contribution in [2.45, 2.75) is 112 Å². The van der Waals surface area contributed by atoms with Crippen LogP contribution in [0.25, 0.3) is 0 Å². The molecule has 0 saturated heterocycles. The van der Waals surface area contributed by atoms with E-state index in [4.69, 9.17) is 10.2 Å². The molecule has 0 fully saturated rings. The molecule has 1 aromatic rings. The van der Waals surface area contributed by atoms with Crippen molar-refractivity contribution in [1.82, 2.24) is 14.9 Å². The van der Waals surface area contributed by atoms with Gasteiger partial charge in [0.1, 0.15) is 0 Å². The highest BCUT2D eigenvalue weighted by Gasteiger charge is 2.01. The molecule has 7 nitrogen and oxygen atoms in total. The van der Waals surface area contributed by atoms with Crippen LogP contribution in [0.4, 0.5) is 0 Å². The van der Waals surface area contributed by atoms with Crippen molar-refractivity contribution in [2.75, 3.05) is 19.6 Å². The summed E-state index contributed by atoms with van der Waals surface area (Å²) in [5, 5.41) is 16.1. The minimum atomic E-state index is -0.693. The van der Waals surface area contributed by atoms with Crippen molar-refractivity contribution in [1.29, 1.82) is 0 Å². The molecule has 32 heavy (non-hydrogen) atoms. The number of aliphatic carboxylic acids is 2. The van der Waals surface area contributed by atoms with E-state index in [1.54, 1.807) is 18.7 Å². The first-order valence-electron chi connectivity index (χ1n) is 12.5. The molecular formula is C25H51N3O4. The Kier molecular flexibility index (Phi) is 34.0. The smallest absolute Gasteiger partial charge is 0.303 e. The van der Waals surface area contributed by atoms with Crippen molar-refractivity contribution >= 4 is 11.9 Å². The molecule has 1 heterocycles. The summed E-state index contributed by atoms with van der Waals surface area (Å²) >= 11 is 0. The number of carboxylic acids is 2. The van der Waals surface area contributed by atoms with Crippen molar-refractivity contribution in [3.63, 3.8) is 0 Å². The third-order valence-corrected chi connectivity index (χ3v) is 4.38. The molecule has 0 radical (unpaired) electrons. The van der Waals surface area contributed by atoms with Crippen LogP contribution in [0.5, 0.6) is 0 Å². The van der Waals surface area contributed by atoms with E-state index in [0.717, 1.165) is 25.7 Å². The largest absolute Gasteiger partial charge is 0.481 e. The molecule has 0 bridgehead atoms. The van der Waals surface area contributed by atoms with Crippen LogP contribution in [-0.2, 0) is 9.59 Å². The van der Waals surface area contributed by atoms with Gasteiger partial charge in [0.15, 0.2) is 0 Å². The summed E-state index contributed by atoms with van der Waals surface area (Å²) in [7, 11) is 0. The Morgan fingerprint density at radius 1 is 0.719 bits per heavy atom. The molecule has 190 valence electrons. The summed E-state index contributed by atoms with van der Waals surface area (Å²) < 4.78 is 0. The van der Waals surface area contributed by atoms with Gasteiger partial charge in [0.25, 0.3) is 0 Å². The zero-order valence-corrected chi connectivity index (χ0v) is 21.4. The van der Waals surface area contributed by atoms with Crippen LogP contribution in [-0.4, -0.2) is 56.7 Å². The molecular weight excluding hydrogens is 406 g/mol. The van der Waals surface area contributed by atoms with Crippen molar-refractivity contribution in [2.24, 2.45) is 0 Å². The second kappa shape index (κ2) is 31.3. The summed E-state index contributed by atoms with van der Waals surface area (Å²) in [5.41, 5.74) is 0. The van der Waals surface area contributed by atoms with Crippen LogP contribution in [0.1, 0.15) is 112 Å². The van der Waals surface area contributed by atoms with Gasteiger partial charge in [-0.25, -0.2) is 4.98 Å². The molecule has 7 heteroatoms. The molecule has 0 aliphatic heterocycles. The topological polar surface area (TPSA) is 107 Å². The molecule has 0 aromatic carbocycles. The lowest BCUT2D eigenvalue weighted by molar-refractivity contribution is -0.138. The number of rotatable bonds is 15. The average Bonchev–Trinajstić information content (AvgIpc) is 3.37. The highest BCUT2D eigenvalue weighted by molar-refractivity contribution is 5.66. The number of hydrogen-bond donors (Lipinski definition) is 3. The van der Waals surface area contributed by atoms with Crippen molar-refractivity contribution in [3.05, 3.63) is 18.7 Å². The maximum absolute atomic E-state index is 9.76. The summed E-state index contributed by atoms with van der Waals surface area (Å²) in [4.78, 5) is 28.6. The fourth-order valence-corrected chi connectivity index (χ4v) is 2.35. The highest BCUT2D eigenvalue weighted by atomic mass is 16.4. The summed E-state index contributed by atoms with van der Waals surface area (Å²) in [6.07, 6.45) is 17.3. The highest BCUT2D eigenvalue weighted by Crippen LogP contribution is 2.01. The maximum Gasteiger partial charge on any atom is 0.303 e. The first-order chi connectivity index (χ1) is 15.4. The van der Waals surface area contributed by atoms with E-state index in [1.165, 1.54) is 58.2 Å². The first kappa shape index (κ1) is 34.7. The van der Waals surface area contributed by atoms with E-state index in [2.05, 4.69) is 35.6 Å². The zero-order chi connectivity index (χ0) is 24.9. The molecule has 1 aromatic heterocycles. The molecule has 0 amide bonds. The summed E-state index contributed by atoms with van der Waals surface area (Å²) in [5.74, 6) is -1.39. The van der Waals surface area contributed by atoms with E-state index >= 15 is 0 Å². The van der Waals surface area contributed by atoms with Crippen LogP contribution in [0.2, 0.25) is 0 Å². The van der Waals surface area contributed by atoms with E-state index < -0.39 is 11.9 Å². The SMILES string of the molecule is CCCCC(=O)O.CCCCC(=O)O.CCCCN(CCCC)CCCC.c1c[nH]cn1. The summed E-state index contributed by atoms with van der Waals surface area (Å²) in [6.45, 7) is 14.7. The summed E-state index contributed by atoms with van der Waals surface area (Å²) in [6, 6.07) is 0. The Bertz CT molecular complexity index is 414. The third kappa shape index (κ3) is 38.7. The second-order valence-electron chi connectivity index (χ2n) is 7.66. The first-order valence-corrected chi connectivity index (χ1v) is 12.5. The lowest BCUT2D eigenvalue weighted by Crippen LogP contribution is -2.27. The van der Waals surface area contributed by atoms with Gasteiger partial charge in [-0.05, 0) is 51.7 Å². The fraction of sp³-hybridized carbons (Fsp3) is 0.800. The third-order valence-electron chi connectivity index (χ3n) is 4.38. The van der Waals surface area contributed by atoms with Crippen LogP contribution in [0, 0.1) is 0 Å². The van der Waals surface area contributed by atoms with Crippen LogP contribution in [0.15, 0.2) is 18.7 Å². The number of nitrogens with one attached hydrogen (secondary N) is 1. The molecule has 0 aliphatic carbocycles. The molecule has 0 spiro atoms. The van der Waals surface area contributed by atoms with Crippen molar-refractivity contribution in [3.8, 4) is 0 Å². The number of carboxylic acid groups (broad SMARTS) is 2. The van der Waals surface area contributed by atoms with Crippen LogP contribution in [0.3, 0.4) is 0 Å². The van der Waals surface area contributed by atoms with Gasteiger partial charge in [-0.1, -0.05) is 66.7 Å². The number of nitrogens with zero attached hydrogens (tertiary/aromatic N) is 2. The molecule has 0 unspecified atom stereocenters. The number of carbonyl (C=O) groups is 2. The van der Waals surface area contributed by atoms with E-state index in [-0.39, 0.29) is 0 Å². The predicted molar refractivity (Wildman–Crippen MR) is 134 cm³/mol. The Balaban J connectivity index is -0.000000376. The monoisotopic (exact) mass is 457 g/mol. The fourth-order valence-electron chi connectivity index (χ4n) is 2.35. The van der Waals surface area contributed by atoms with E-state index in [9.17, 15) is 9.59 Å². The van der Waals surface area contributed by atoms with Crippen LogP contribution >= 0.6 is 0 Å². The van der Waals surface area contributed by atoms with E-state index in [0.29, 0.717) is 12.8 Å². The van der Waals surface area contributed by atoms with Crippen molar-refractivity contribution < 1.29 is 19.8 Å². The minimum Gasteiger partial charge on any atom is -0.481 e. The molecule has 1 rings (SSSR count). The minimum absolute atomic E-state index is 0.316. The standard InChI is InChI=1S/C12H27N.2C5H10O2.C3H4N2/c1-4-7-10-13(11-8-5-2)12-9-6-3;2*1-2-3-4-5(6)7;1-2-5-3-4-1/h4-12H2,1-3H3;2*2-4H2,1H3,(H,6,7);1-3H,(H,4,5). The number of aromatic amines is 1. The van der Waals surface area contributed by atoms with Gasteiger partial charge in [0, 0.05) is 25.2 Å². The molecule has 3 N–H and O–H groups in total. The van der Waals surface area contributed by atoms with Gasteiger partial charge in [0.2, 0.25) is 0 Å². The number of H-pyrrole nitrogens is 1. The van der Waals surface area contributed by atoms with Gasteiger partial charge in [-0.15, -0.1) is 0 Å². The number of hydrogen-bond acceptors (Lipinski definition) is 4. The van der Waals surface area contributed by atoms with Gasteiger partial charge < -0.3 is 20.1 Å². The molecule has 0 saturated carbocycles. The molecule has 0 aliphatic rings. The lowest BCUT2D eigenvalue weighted by atomic mass is 10.2. The Morgan fingerprint density at radius 2 is 1.09 bits per heavy atom. The van der Waals surface area contributed by atoms with Crippen LogP contribution < -0.4 is 0 Å². The predicted octanol–water partition coefficient (Wildman–Crippen LogP) is 6.62. The van der Waals surface area contributed by atoms with Gasteiger partial charge in [-0.3, -0.25) is 9.59 Å². The van der Waals surface area contributed by atoms with Gasteiger partial charge in [0.05, 0.1) is 6.33 Å². The number of unbranched alkanes of at least 4 members (excludes halogenated alkanes) is 5. The quantitative estimate of drug-likeness (QED) is 0.273. The Morgan fingerprint density at radius 3 is 1.25 bits per heavy atom. The normalized spacial score (nSPS) is 9.56. The average molecular weight is 458 g/mol. The van der Waals surface area contributed by atoms with Gasteiger partial charge in [-0.2, -0.15) is 0 Å². The zero-order valence-electron chi connectivity index (χ0n) is 21.4. The Labute approximate surface area is 197 Å². The second-order valence-corrected chi connectivity index (χ2v) is 7.66. The molecule has 0 atom stereocenters. The van der Waals surface area contributed by atoms with Gasteiger partial charge >= 0.3 is 11.9 Å². The number of aromatic nitrogens is 2.